The molecule has 0 aromatic rings. The van der Waals surface area contributed by atoms with Gasteiger partial charge in [0.1, 0.15) is 0 Å². The first-order valence-electron chi connectivity index (χ1n) is 3.79. The molecule has 0 spiro atoms. The summed E-state index contributed by atoms with van der Waals surface area (Å²) in [4.78, 5) is 0. The first-order chi connectivity index (χ1) is 5.01. The minimum atomic E-state index is -0.779. The summed E-state index contributed by atoms with van der Waals surface area (Å²) >= 11 is 0. The van der Waals surface area contributed by atoms with E-state index in [1.165, 1.54) is 11.1 Å². The van der Waals surface area contributed by atoms with E-state index in [9.17, 15) is 5.11 Å². The summed E-state index contributed by atoms with van der Waals surface area (Å²) < 4.78 is 0. The van der Waals surface area contributed by atoms with Crippen molar-refractivity contribution in [2.24, 2.45) is 0 Å². The molecule has 1 nitrogen and oxygen atoms in total. The summed E-state index contributed by atoms with van der Waals surface area (Å²) in [6, 6.07) is 0. The van der Waals surface area contributed by atoms with E-state index >= 15 is 0 Å². The van der Waals surface area contributed by atoms with E-state index in [-0.39, 0.29) is 0 Å². The largest absolute Gasteiger partial charge is 0.382 e. The van der Waals surface area contributed by atoms with Gasteiger partial charge in [-0.05, 0) is 44.1 Å². The van der Waals surface area contributed by atoms with Crippen LogP contribution in [0.15, 0.2) is 35.5 Å². The molecule has 11 heavy (non-hydrogen) atoms. The highest BCUT2D eigenvalue weighted by molar-refractivity contribution is 5.36. The van der Waals surface area contributed by atoms with Crippen molar-refractivity contribution < 1.29 is 5.11 Å². The molecule has 0 radical (unpaired) electrons. The van der Waals surface area contributed by atoms with Crippen LogP contribution in [0.4, 0.5) is 0 Å². The zero-order valence-corrected chi connectivity index (χ0v) is 7.26. The van der Waals surface area contributed by atoms with Gasteiger partial charge in [0.2, 0.25) is 0 Å². The molecular formula is C10H14O. The molecule has 0 atom stereocenters. The zero-order chi connectivity index (χ0) is 8.48. The molecule has 0 saturated carbocycles. The van der Waals surface area contributed by atoms with Crippen molar-refractivity contribution in [3.8, 4) is 0 Å². The van der Waals surface area contributed by atoms with Crippen LogP contribution in [0.25, 0.3) is 0 Å². The van der Waals surface area contributed by atoms with E-state index in [4.69, 9.17) is 0 Å². The molecule has 1 heteroatoms. The van der Waals surface area contributed by atoms with Crippen LogP contribution in [0.3, 0.4) is 0 Å². The number of hydrogen-bond donors (Lipinski definition) is 1. The Morgan fingerprint density at radius 1 is 1.09 bits per heavy atom. The smallest absolute Gasteiger partial charge is 0.0986 e. The van der Waals surface area contributed by atoms with E-state index < -0.39 is 5.60 Å². The molecule has 1 aliphatic rings. The maximum atomic E-state index is 9.59. The quantitative estimate of drug-likeness (QED) is 0.561. The second-order valence-electron chi connectivity index (χ2n) is 3.26. The molecule has 0 heterocycles. The SMILES string of the molecule is CC1=C(C)C=CC(C)(O)C=C1. The Bertz CT molecular complexity index is 218. The average molecular weight is 150 g/mol. The van der Waals surface area contributed by atoms with E-state index in [2.05, 4.69) is 0 Å². The van der Waals surface area contributed by atoms with Crippen molar-refractivity contribution in [3.05, 3.63) is 35.5 Å². The first kappa shape index (κ1) is 8.28. The van der Waals surface area contributed by atoms with E-state index in [0.29, 0.717) is 0 Å². The molecule has 1 aliphatic carbocycles. The Morgan fingerprint density at radius 2 is 1.45 bits per heavy atom. The molecule has 1 N–H and O–H groups in total. The van der Waals surface area contributed by atoms with Crippen molar-refractivity contribution in [1.82, 2.24) is 0 Å². The maximum absolute atomic E-state index is 9.59. The Labute approximate surface area is 67.7 Å². The van der Waals surface area contributed by atoms with Gasteiger partial charge in [-0.2, -0.15) is 0 Å². The third-order valence-electron chi connectivity index (χ3n) is 1.96. The van der Waals surface area contributed by atoms with Crippen LogP contribution in [0.2, 0.25) is 0 Å². The summed E-state index contributed by atoms with van der Waals surface area (Å²) in [5, 5.41) is 9.59. The Kier molecular flexibility index (Phi) is 2.01. The summed E-state index contributed by atoms with van der Waals surface area (Å²) in [6.07, 6.45) is 7.51. The summed E-state index contributed by atoms with van der Waals surface area (Å²) in [5.74, 6) is 0. The lowest BCUT2D eigenvalue weighted by Crippen LogP contribution is -2.15. The van der Waals surface area contributed by atoms with Crippen molar-refractivity contribution in [1.29, 1.82) is 0 Å². The van der Waals surface area contributed by atoms with Gasteiger partial charge in [-0.1, -0.05) is 12.2 Å². The average Bonchev–Trinajstić information content (AvgIpc) is 2.03. The second-order valence-corrected chi connectivity index (χ2v) is 3.26. The van der Waals surface area contributed by atoms with Crippen molar-refractivity contribution in [2.45, 2.75) is 26.4 Å². The van der Waals surface area contributed by atoms with E-state index in [1.807, 2.05) is 26.0 Å². The Hall–Kier alpha value is -0.820. The summed E-state index contributed by atoms with van der Waals surface area (Å²) in [7, 11) is 0. The first-order valence-corrected chi connectivity index (χ1v) is 3.79. The highest BCUT2D eigenvalue weighted by Gasteiger charge is 2.12. The molecule has 0 bridgehead atoms. The van der Waals surface area contributed by atoms with Crippen molar-refractivity contribution in [3.63, 3.8) is 0 Å². The van der Waals surface area contributed by atoms with Gasteiger partial charge in [-0.25, -0.2) is 0 Å². The third-order valence-corrected chi connectivity index (χ3v) is 1.96. The fraction of sp³-hybridized carbons (Fsp3) is 0.400. The predicted molar refractivity (Wildman–Crippen MR) is 47.3 cm³/mol. The molecule has 1 rings (SSSR count). The van der Waals surface area contributed by atoms with Crippen LogP contribution in [-0.4, -0.2) is 10.7 Å². The minimum Gasteiger partial charge on any atom is -0.382 e. The van der Waals surface area contributed by atoms with Gasteiger partial charge in [0.25, 0.3) is 0 Å². The monoisotopic (exact) mass is 150 g/mol. The van der Waals surface area contributed by atoms with Crippen molar-refractivity contribution in [2.75, 3.05) is 0 Å². The van der Waals surface area contributed by atoms with E-state index in [0.717, 1.165) is 0 Å². The number of allylic oxidation sites excluding steroid dienone is 4. The van der Waals surface area contributed by atoms with Gasteiger partial charge < -0.3 is 5.11 Å². The highest BCUT2D eigenvalue weighted by atomic mass is 16.3. The molecule has 0 aromatic carbocycles. The van der Waals surface area contributed by atoms with Crippen LogP contribution in [0.1, 0.15) is 20.8 Å². The molecule has 0 unspecified atom stereocenters. The Morgan fingerprint density at radius 3 is 1.82 bits per heavy atom. The molecule has 0 amide bonds. The van der Waals surface area contributed by atoms with Crippen LogP contribution in [0.5, 0.6) is 0 Å². The lowest BCUT2D eigenvalue weighted by atomic mass is 10.1. The van der Waals surface area contributed by atoms with Gasteiger partial charge in [-0.3, -0.25) is 0 Å². The van der Waals surface area contributed by atoms with Gasteiger partial charge in [0.15, 0.2) is 0 Å². The second kappa shape index (κ2) is 2.67. The third kappa shape index (κ3) is 2.05. The lowest BCUT2D eigenvalue weighted by molar-refractivity contribution is 0.164. The van der Waals surface area contributed by atoms with Gasteiger partial charge in [-0.15, -0.1) is 0 Å². The van der Waals surface area contributed by atoms with Crippen LogP contribution in [-0.2, 0) is 0 Å². The minimum absolute atomic E-state index is 0.779. The molecule has 60 valence electrons. The number of hydrogen-bond acceptors (Lipinski definition) is 1. The van der Waals surface area contributed by atoms with Gasteiger partial charge in [0, 0.05) is 0 Å². The zero-order valence-electron chi connectivity index (χ0n) is 7.26. The van der Waals surface area contributed by atoms with E-state index in [1.54, 1.807) is 19.1 Å². The highest BCUT2D eigenvalue weighted by Crippen LogP contribution is 2.17. The number of aliphatic hydroxyl groups is 1. The molecular weight excluding hydrogens is 136 g/mol. The molecule has 0 saturated heterocycles. The van der Waals surface area contributed by atoms with Crippen LogP contribution < -0.4 is 0 Å². The Balaban J connectivity index is 3.01. The van der Waals surface area contributed by atoms with Gasteiger partial charge >= 0.3 is 0 Å². The fourth-order valence-electron chi connectivity index (χ4n) is 0.906. The normalized spacial score (nSPS) is 22.2. The predicted octanol–water partition coefficient (Wildman–Crippen LogP) is 2.20. The topological polar surface area (TPSA) is 20.2 Å². The standard InChI is InChI=1S/C10H14O/c1-8-4-6-10(3,11)7-5-9(8)2/h4-7,11H,1-3H3. The molecule has 0 aliphatic heterocycles. The fourth-order valence-corrected chi connectivity index (χ4v) is 0.906. The molecule has 0 aromatic heterocycles. The van der Waals surface area contributed by atoms with Crippen molar-refractivity contribution >= 4 is 0 Å². The maximum Gasteiger partial charge on any atom is 0.0986 e. The number of rotatable bonds is 0. The molecule has 0 fully saturated rings. The van der Waals surface area contributed by atoms with Crippen LogP contribution >= 0.6 is 0 Å². The summed E-state index contributed by atoms with van der Waals surface area (Å²) in [5.41, 5.74) is 1.64. The van der Waals surface area contributed by atoms with Gasteiger partial charge in [0.05, 0.1) is 5.60 Å². The summed E-state index contributed by atoms with van der Waals surface area (Å²) in [6.45, 7) is 5.85. The van der Waals surface area contributed by atoms with Crippen LogP contribution in [0, 0.1) is 0 Å². The lowest BCUT2D eigenvalue weighted by Gasteiger charge is -2.11.